The van der Waals surface area contributed by atoms with Crippen molar-refractivity contribution in [2.75, 3.05) is 32.6 Å². The third-order valence-electron chi connectivity index (χ3n) is 4.54. The summed E-state index contributed by atoms with van der Waals surface area (Å²) in [6.45, 7) is 0.779. The highest BCUT2D eigenvalue weighted by molar-refractivity contribution is 6.09. The molecule has 0 spiro atoms. The van der Waals surface area contributed by atoms with Crippen LogP contribution in [-0.2, 0) is 0 Å². The molecule has 2 amide bonds. The molecule has 3 rings (SSSR count). The first-order valence-corrected chi connectivity index (χ1v) is 9.56. The second kappa shape index (κ2) is 10.1. The Labute approximate surface area is 176 Å². The molecule has 0 saturated heterocycles. The Hall–Kier alpha value is -3.80. The number of likely N-dealkylation sites (N-methyl/N-ethyl adjacent to an activating group) is 1. The lowest BCUT2D eigenvalue weighted by molar-refractivity contribution is 0.0775. The third kappa shape index (κ3) is 5.38. The highest BCUT2D eigenvalue weighted by atomic mass is 16.5. The van der Waals surface area contributed by atoms with Gasteiger partial charge in [-0.05, 0) is 48.5 Å². The molecule has 3 aromatic rings. The summed E-state index contributed by atoms with van der Waals surface area (Å²) in [7, 11) is 3.27. The maximum Gasteiger partial charge on any atom is 0.255 e. The number of anilines is 1. The van der Waals surface area contributed by atoms with Crippen molar-refractivity contribution in [3.8, 4) is 11.5 Å². The Balaban J connectivity index is 1.64. The minimum atomic E-state index is -0.298. The van der Waals surface area contributed by atoms with Gasteiger partial charge in [-0.15, -0.1) is 0 Å². The molecular weight excluding hydrogens is 380 g/mol. The Morgan fingerprint density at radius 2 is 1.53 bits per heavy atom. The fourth-order valence-corrected chi connectivity index (χ4v) is 2.84. The number of para-hydroxylation sites is 2. The molecule has 6 heteroatoms. The number of nitrogens with zero attached hydrogens (tertiary/aromatic N) is 1. The summed E-state index contributed by atoms with van der Waals surface area (Å²) in [5.41, 5.74) is 1.35. The van der Waals surface area contributed by atoms with E-state index in [1.165, 1.54) is 0 Å². The van der Waals surface area contributed by atoms with Crippen LogP contribution in [0.15, 0.2) is 78.9 Å². The summed E-state index contributed by atoms with van der Waals surface area (Å²) in [5.74, 6) is 0.928. The zero-order valence-corrected chi connectivity index (χ0v) is 17.0. The van der Waals surface area contributed by atoms with Gasteiger partial charge in [-0.25, -0.2) is 0 Å². The van der Waals surface area contributed by atoms with E-state index in [9.17, 15) is 9.59 Å². The van der Waals surface area contributed by atoms with Crippen LogP contribution in [0.5, 0.6) is 11.5 Å². The largest absolute Gasteiger partial charge is 0.497 e. The zero-order valence-electron chi connectivity index (χ0n) is 17.0. The van der Waals surface area contributed by atoms with E-state index in [1.807, 2.05) is 30.3 Å². The van der Waals surface area contributed by atoms with Crippen LogP contribution in [0, 0.1) is 0 Å². The summed E-state index contributed by atoms with van der Waals surface area (Å²) in [6, 6.07) is 23.2. The SMILES string of the molecule is COc1ccc(C(=O)Nc2ccccc2C(=O)N(C)CCOc2ccccc2)cc1. The van der Waals surface area contributed by atoms with E-state index in [4.69, 9.17) is 9.47 Å². The standard InChI is InChI=1S/C24H24N2O4/c1-26(16-17-30-20-8-4-3-5-9-20)24(28)21-10-6-7-11-22(21)25-23(27)18-12-14-19(29-2)15-13-18/h3-15H,16-17H2,1-2H3,(H,25,27). The van der Waals surface area contributed by atoms with Gasteiger partial charge in [0.05, 0.1) is 24.9 Å². The molecule has 30 heavy (non-hydrogen) atoms. The second-order valence-corrected chi connectivity index (χ2v) is 6.62. The predicted molar refractivity (Wildman–Crippen MR) is 116 cm³/mol. The van der Waals surface area contributed by atoms with E-state index in [-0.39, 0.29) is 11.8 Å². The van der Waals surface area contributed by atoms with Crippen molar-refractivity contribution < 1.29 is 19.1 Å². The summed E-state index contributed by atoms with van der Waals surface area (Å²) < 4.78 is 10.8. The van der Waals surface area contributed by atoms with E-state index >= 15 is 0 Å². The summed E-state index contributed by atoms with van der Waals surface area (Å²) in [5, 5.41) is 2.82. The highest BCUT2D eigenvalue weighted by Gasteiger charge is 2.17. The van der Waals surface area contributed by atoms with Crippen LogP contribution < -0.4 is 14.8 Å². The van der Waals surface area contributed by atoms with Crippen LogP contribution in [-0.4, -0.2) is 44.0 Å². The fraction of sp³-hybridized carbons (Fsp3) is 0.167. The second-order valence-electron chi connectivity index (χ2n) is 6.62. The maximum absolute atomic E-state index is 12.9. The first-order valence-electron chi connectivity index (χ1n) is 9.56. The van der Waals surface area contributed by atoms with Crippen molar-refractivity contribution in [3.05, 3.63) is 90.0 Å². The topological polar surface area (TPSA) is 67.9 Å². The number of carbonyl (C=O) groups excluding carboxylic acids is 2. The van der Waals surface area contributed by atoms with Gasteiger partial charge in [0.25, 0.3) is 11.8 Å². The minimum absolute atomic E-state index is 0.197. The number of hydrogen-bond donors (Lipinski definition) is 1. The number of nitrogens with one attached hydrogen (secondary N) is 1. The number of ether oxygens (including phenoxy) is 2. The first-order chi connectivity index (χ1) is 14.6. The van der Waals surface area contributed by atoms with Gasteiger partial charge in [0.1, 0.15) is 18.1 Å². The average Bonchev–Trinajstić information content (AvgIpc) is 2.79. The molecule has 3 aromatic carbocycles. The molecule has 0 bridgehead atoms. The van der Waals surface area contributed by atoms with Crippen LogP contribution in [0.3, 0.4) is 0 Å². The Morgan fingerprint density at radius 3 is 2.23 bits per heavy atom. The van der Waals surface area contributed by atoms with Gasteiger partial charge in [0, 0.05) is 12.6 Å². The number of hydrogen-bond acceptors (Lipinski definition) is 4. The van der Waals surface area contributed by atoms with Crippen LogP contribution >= 0.6 is 0 Å². The van der Waals surface area contributed by atoms with E-state index in [0.717, 1.165) is 5.75 Å². The zero-order chi connectivity index (χ0) is 21.3. The highest BCUT2D eigenvalue weighted by Crippen LogP contribution is 2.19. The molecule has 0 saturated carbocycles. The molecule has 0 heterocycles. The van der Waals surface area contributed by atoms with Crippen LogP contribution in [0.4, 0.5) is 5.69 Å². The molecule has 1 N–H and O–H groups in total. The van der Waals surface area contributed by atoms with Crippen molar-refractivity contribution >= 4 is 17.5 Å². The molecule has 0 fully saturated rings. The molecule has 6 nitrogen and oxygen atoms in total. The van der Waals surface area contributed by atoms with Crippen LogP contribution in [0.2, 0.25) is 0 Å². The molecule has 0 aliphatic heterocycles. The van der Waals surface area contributed by atoms with Crippen molar-refractivity contribution in [2.24, 2.45) is 0 Å². The summed E-state index contributed by atoms with van der Waals surface area (Å²) >= 11 is 0. The van der Waals surface area contributed by atoms with Crippen molar-refractivity contribution in [1.29, 1.82) is 0 Å². The molecule has 0 atom stereocenters. The van der Waals surface area contributed by atoms with E-state index < -0.39 is 0 Å². The summed E-state index contributed by atoms with van der Waals surface area (Å²) in [4.78, 5) is 27.1. The number of benzene rings is 3. The van der Waals surface area contributed by atoms with E-state index in [2.05, 4.69) is 5.32 Å². The Morgan fingerprint density at radius 1 is 0.867 bits per heavy atom. The number of rotatable bonds is 8. The average molecular weight is 404 g/mol. The molecule has 0 aliphatic rings. The smallest absolute Gasteiger partial charge is 0.255 e. The fourth-order valence-electron chi connectivity index (χ4n) is 2.84. The monoisotopic (exact) mass is 404 g/mol. The normalized spacial score (nSPS) is 10.2. The van der Waals surface area contributed by atoms with Gasteiger partial charge in [-0.2, -0.15) is 0 Å². The lowest BCUT2D eigenvalue weighted by Gasteiger charge is -2.19. The number of carbonyl (C=O) groups is 2. The van der Waals surface area contributed by atoms with E-state index in [0.29, 0.717) is 35.7 Å². The van der Waals surface area contributed by atoms with Gasteiger partial charge in [0.2, 0.25) is 0 Å². The van der Waals surface area contributed by atoms with Gasteiger partial charge in [-0.3, -0.25) is 9.59 Å². The van der Waals surface area contributed by atoms with Crippen LogP contribution in [0.1, 0.15) is 20.7 Å². The maximum atomic E-state index is 12.9. The molecule has 154 valence electrons. The molecular formula is C24H24N2O4. The first kappa shape index (κ1) is 20.9. The van der Waals surface area contributed by atoms with Gasteiger partial charge >= 0.3 is 0 Å². The number of methoxy groups -OCH3 is 1. The Bertz CT molecular complexity index is 988. The Kier molecular flexibility index (Phi) is 7.05. The van der Waals surface area contributed by atoms with Crippen molar-refractivity contribution in [1.82, 2.24) is 4.90 Å². The van der Waals surface area contributed by atoms with Gasteiger partial charge in [-0.1, -0.05) is 30.3 Å². The molecule has 0 unspecified atom stereocenters. The van der Waals surface area contributed by atoms with Gasteiger partial charge < -0.3 is 19.7 Å². The molecule has 0 radical (unpaired) electrons. The number of amides is 2. The summed E-state index contributed by atoms with van der Waals surface area (Å²) in [6.07, 6.45) is 0. The van der Waals surface area contributed by atoms with Crippen LogP contribution in [0.25, 0.3) is 0 Å². The van der Waals surface area contributed by atoms with E-state index in [1.54, 1.807) is 67.6 Å². The van der Waals surface area contributed by atoms with Crippen molar-refractivity contribution in [2.45, 2.75) is 0 Å². The molecule has 0 aliphatic carbocycles. The predicted octanol–water partition coefficient (Wildman–Crippen LogP) is 4.10. The van der Waals surface area contributed by atoms with Gasteiger partial charge in [0.15, 0.2) is 0 Å². The lowest BCUT2D eigenvalue weighted by atomic mass is 10.1. The molecule has 0 aromatic heterocycles. The quantitative estimate of drug-likeness (QED) is 0.614. The minimum Gasteiger partial charge on any atom is -0.497 e. The van der Waals surface area contributed by atoms with Crippen molar-refractivity contribution in [3.63, 3.8) is 0 Å². The lowest BCUT2D eigenvalue weighted by Crippen LogP contribution is -2.31. The third-order valence-corrected chi connectivity index (χ3v) is 4.54.